The number of hydrogen-bond donors (Lipinski definition) is 2. The molecule has 1 aliphatic rings. The minimum absolute atomic E-state index is 0.0323. The maximum Gasteiger partial charge on any atom is 0.407 e. The zero-order valence-corrected chi connectivity index (χ0v) is 15.8. The average Bonchev–Trinajstić information content (AvgIpc) is 3.16. The van der Waals surface area contributed by atoms with Gasteiger partial charge in [0.15, 0.2) is 0 Å². The summed E-state index contributed by atoms with van der Waals surface area (Å²) in [7, 11) is 1.74. The Morgan fingerprint density at radius 3 is 2.96 bits per heavy atom. The minimum Gasteiger partial charge on any atom is -0.448 e. The number of nitriles is 1. The number of aromatic nitrogens is 1. The standard InChI is InChI=1S/C19H18ClFN4O3/c1-25-10-13-12(4-6-16(13)24-19(27)28-8-2-7-22)17(25)18(26)23-11-3-5-15(21)14(20)9-11/h3,5,9-10,16H,2,4,6,8H2,1H3,(H,23,26)(H,24,27). The summed E-state index contributed by atoms with van der Waals surface area (Å²) in [5.74, 6) is -0.904. The molecule has 28 heavy (non-hydrogen) atoms. The van der Waals surface area contributed by atoms with Gasteiger partial charge in [-0.05, 0) is 42.2 Å². The molecule has 1 heterocycles. The average molecular weight is 405 g/mol. The summed E-state index contributed by atoms with van der Waals surface area (Å²) < 4.78 is 19.9. The van der Waals surface area contributed by atoms with Crippen molar-refractivity contribution in [3.05, 3.63) is 52.1 Å². The van der Waals surface area contributed by atoms with Gasteiger partial charge in [0.25, 0.3) is 5.91 Å². The molecule has 9 heteroatoms. The molecule has 0 saturated heterocycles. The largest absolute Gasteiger partial charge is 0.448 e. The maximum absolute atomic E-state index is 13.3. The van der Waals surface area contributed by atoms with Crippen molar-refractivity contribution in [1.82, 2.24) is 9.88 Å². The van der Waals surface area contributed by atoms with Gasteiger partial charge in [0.05, 0.1) is 23.6 Å². The topological polar surface area (TPSA) is 96.2 Å². The van der Waals surface area contributed by atoms with E-state index in [4.69, 9.17) is 21.6 Å². The lowest BCUT2D eigenvalue weighted by molar-refractivity contribution is 0.101. The van der Waals surface area contributed by atoms with Gasteiger partial charge < -0.3 is 19.9 Å². The van der Waals surface area contributed by atoms with Gasteiger partial charge in [-0.25, -0.2) is 9.18 Å². The highest BCUT2D eigenvalue weighted by atomic mass is 35.5. The second kappa shape index (κ2) is 8.31. The van der Waals surface area contributed by atoms with Crippen LogP contribution in [0.4, 0.5) is 14.9 Å². The van der Waals surface area contributed by atoms with E-state index in [2.05, 4.69) is 10.6 Å². The van der Waals surface area contributed by atoms with Crippen molar-refractivity contribution >= 4 is 29.3 Å². The Labute approximate surface area is 166 Å². The second-order valence-electron chi connectivity index (χ2n) is 6.39. The molecule has 2 N–H and O–H groups in total. The van der Waals surface area contributed by atoms with E-state index in [-0.39, 0.29) is 30.0 Å². The molecule has 0 bridgehead atoms. The highest BCUT2D eigenvalue weighted by Gasteiger charge is 2.31. The second-order valence-corrected chi connectivity index (χ2v) is 6.79. The summed E-state index contributed by atoms with van der Waals surface area (Å²) in [5, 5.41) is 13.9. The van der Waals surface area contributed by atoms with Crippen LogP contribution in [0.15, 0.2) is 24.4 Å². The van der Waals surface area contributed by atoms with Crippen molar-refractivity contribution < 1.29 is 18.7 Å². The zero-order valence-electron chi connectivity index (χ0n) is 15.1. The number of hydrogen-bond acceptors (Lipinski definition) is 4. The molecule has 3 rings (SSSR count). The quantitative estimate of drug-likeness (QED) is 0.742. The lowest BCUT2D eigenvalue weighted by Crippen LogP contribution is -2.28. The molecule has 7 nitrogen and oxygen atoms in total. The first-order valence-corrected chi connectivity index (χ1v) is 9.03. The zero-order chi connectivity index (χ0) is 20.3. The normalized spacial score (nSPS) is 14.9. The molecule has 1 aromatic heterocycles. The van der Waals surface area contributed by atoms with E-state index in [0.29, 0.717) is 24.2 Å². The number of nitrogens with one attached hydrogen (secondary N) is 2. The van der Waals surface area contributed by atoms with Crippen molar-refractivity contribution in [3.8, 4) is 6.07 Å². The first kappa shape index (κ1) is 19.7. The van der Waals surface area contributed by atoms with Gasteiger partial charge in [0.1, 0.15) is 18.1 Å². The van der Waals surface area contributed by atoms with Gasteiger partial charge in [0, 0.05) is 18.9 Å². The van der Waals surface area contributed by atoms with Gasteiger partial charge in [-0.2, -0.15) is 5.26 Å². The van der Waals surface area contributed by atoms with E-state index < -0.39 is 11.9 Å². The molecular weight excluding hydrogens is 387 g/mol. The monoisotopic (exact) mass is 404 g/mol. The number of ether oxygens (including phenoxy) is 1. The minimum atomic E-state index is -0.594. The van der Waals surface area contributed by atoms with Gasteiger partial charge in [-0.3, -0.25) is 4.79 Å². The Bertz CT molecular complexity index is 967. The van der Waals surface area contributed by atoms with E-state index in [1.54, 1.807) is 17.8 Å². The summed E-state index contributed by atoms with van der Waals surface area (Å²) in [6.45, 7) is 0.0323. The van der Waals surface area contributed by atoms with Crippen molar-refractivity contribution in [2.45, 2.75) is 25.3 Å². The number of alkyl carbamates (subject to hydrolysis) is 1. The number of halogens is 2. The predicted octanol–water partition coefficient (Wildman–Crippen LogP) is 3.70. The van der Waals surface area contributed by atoms with E-state index in [9.17, 15) is 14.0 Å². The Balaban J connectivity index is 1.73. The van der Waals surface area contributed by atoms with Crippen molar-refractivity contribution in [2.75, 3.05) is 11.9 Å². The summed E-state index contributed by atoms with van der Waals surface area (Å²) in [6, 6.07) is 5.60. The van der Waals surface area contributed by atoms with Crippen molar-refractivity contribution in [3.63, 3.8) is 0 Å². The predicted molar refractivity (Wildman–Crippen MR) is 101 cm³/mol. The molecule has 146 valence electrons. The molecule has 2 amide bonds. The highest BCUT2D eigenvalue weighted by Crippen LogP contribution is 2.35. The first-order chi connectivity index (χ1) is 13.4. The number of rotatable bonds is 5. The number of benzene rings is 1. The molecule has 0 fully saturated rings. The van der Waals surface area contributed by atoms with E-state index in [0.717, 1.165) is 11.1 Å². The van der Waals surface area contributed by atoms with Crippen LogP contribution in [-0.4, -0.2) is 23.2 Å². The SMILES string of the molecule is Cn1cc2c(c1C(=O)Nc1ccc(F)c(Cl)c1)CCC2NC(=O)OCCC#N. The molecule has 1 aliphatic carbocycles. The Morgan fingerprint density at radius 1 is 1.46 bits per heavy atom. The van der Waals surface area contributed by atoms with Gasteiger partial charge >= 0.3 is 6.09 Å². The van der Waals surface area contributed by atoms with Crippen molar-refractivity contribution in [2.24, 2.45) is 7.05 Å². The third kappa shape index (κ3) is 4.10. The molecule has 1 unspecified atom stereocenters. The molecule has 0 spiro atoms. The van der Waals surface area contributed by atoms with Crippen LogP contribution in [0, 0.1) is 17.1 Å². The van der Waals surface area contributed by atoms with Crippen molar-refractivity contribution in [1.29, 1.82) is 5.26 Å². The Hall–Kier alpha value is -3.05. The van der Waals surface area contributed by atoms with Crippen LogP contribution in [0.25, 0.3) is 0 Å². The Morgan fingerprint density at radius 2 is 2.25 bits per heavy atom. The third-order valence-corrected chi connectivity index (χ3v) is 4.80. The smallest absolute Gasteiger partial charge is 0.407 e. The van der Waals surface area contributed by atoms with Crippen LogP contribution < -0.4 is 10.6 Å². The van der Waals surface area contributed by atoms with Gasteiger partial charge in [0.2, 0.25) is 0 Å². The highest BCUT2D eigenvalue weighted by molar-refractivity contribution is 6.31. The summed E-state index contributed by atoms with van der Waals surface area (Å²) >= 11 is 5.76. The third-order valence-electron chi connectivity index (χ3n) is 4.51. The summed E-state index contributed by atoms with van der Waals surface area (Å²) in [6.07, 6.45) is 2.60. The lowest BCUT2D eigenvalue weighted by Gasteiger charge is -2.12. The first-order valence-electron chi connectivity index (χ1n) is 8.65. The van der Waals surface area contributed by atoms with E-state index in [1.807, 2.05) is 6.07 Å². The number of carbonyl (C=O) groups excluding carboxylic acids is 2. The molecule has 0 saturated carbocycles. The van der Waals surface area contributed by atoms with Crippen LogP contribution in [-0.2, 0) is 18.2 Å². The van der Waals surface area contributed by atoms with Gasteiger partial charge in [-0.15, -0.1) is 0 Å². The van der Waals surface area contributed by atoms with E-state index >= 15 is 0 Å². The van der Waals surface area contributed by atoms with Crippen LogP contribution >= 0.6 is 11.6 Å². The van der Waals surface area contributed by atoms with Crippen LogP contribution in [0.1, 0.15) is 40.5 Å². The fourth-order valence-corrected chi connectivity index (χ4v) is 3.47. The molecular formula is C19H18ClFN4O3. The molecule has 0 aliphatic heterocycles. The molecule has 1 aromatic carbocycles. The number of aryl methyl sites for hydroxylation is 1. The number of carbonyl (C=O) groups is 2. The number of amides is 2. The maximum atomic E-state index is 13.3. The summed E-state index contributed by atoms with van der Waals surface area (Å²) in [4.78, 5) is 24.6. The van der Waals surface area contributed by atoms with Crippen LogP contribution in [0.5, 0.6) is 0 Å². The van der Waals surface area contributed by atoms with E-state index in [1.165, 1.54) is 18.2 Å². The molecule has 2 aromatic rings. The fourth-order valence-electron chi connectivity index (χ4n) is 3.29. The Kier molecular flexibility index (Phi) is 5.85. The number of anilines is 1. The van der Waals surface area contributed by atoms with Crippen LogP contribution in [0.3, 0.4) is 0 Å². The van der Waals surface area contributed by atoms with Crippen LogP contribution in [0.2, 0.25) is 5.02 Å². The fraction of sp³-hybridized carbons (Fsp3) is 0.316. The van der Waals surface area contributed by atoms with Gasteiger partial charge in [-0.1, -0.05) is 11.6 Å². The lowest BCUT2D eigenvalue weighted by atomic mass is 10.1. The summed E-state index contributed by atoms with van der Waals surface area (Å²) in [5.41, 5.74) is 2.55. The molecule has 0 radical (unpaired) electrons. The number of fused-ring (bicyclic) bond motifs is 1. The number of nitrogens with zero attached hydrogens (tertiary/aromatic N) is 2. The molecule has 1 atom stereocenters.